The Morgan fingerprint density at radius 1 is 0.893 bits per heavy atom. The number of hydrogen-bond donors (Lipinski definition) is 4. The first-order chi connectivity index (χ1) is 13.4. The summed E-state index contributed by atoms with van der Waals surface area (Å²) in [6.07, 6.45) is -0.479. The molecule has 0 spiro atoms. The fourth-order valence-electron chi connectivity index (χ4n) is 3.42. The van der Waals surface area contributed by atoms with Crippen molar-refractivity contribution >= 4 is 5.78 Å². The maximum Gasteiger partial charge on any atom is 0.174 e. The minimum atomic E-state index is -0.620. The number of ketones is 1. The zero-order valence-electron chi connectivity index (χ0n) is 14.8. The number of rotatable bonds is 3. The van der Waals surface area contributed by atoms with Crippen LogP contribution >= 0.6 is 0 Å². The molecule has 0 fully saturated rings. The zero-order chi connectivity index (χ0) is 19.8. The van der Waals surface area contributed by atoms with E-state index in [4.69, 9.17) is 4.74 Å². The van der Waals surface area contributed by atoms with Gasteiger partial charge in [-0.25, -0.2) is 0 Å². The van der Waals surface area contributed by atoms with Crippen molar-refractivity contribution < 1.29 is 30.0 Å². The second kappa shape index (κ2) is 6.81. The van der Waals surface area contributed by atoms with Gasteiger partial charge in [-0.1, -0.05) is 30.3 Å². The van der Waals surface area contributed by atoms with Crippen molar-refractivity contribution in [3.63, 3.8) is 0 Å². The van der Waals surface area contributed by atoms with Crippen molar-refractivity contribution in [2.24, 2.45) is 0 Å². The van der Waals surface area contributed by atoms with Crippen LogP contribution in [0.5, 0.6) is 28.7 Å². The molecule has 0 bridgehead atoms. The fraction of sp³-hybridized carbons (Fsp3) is 0.136. The van der Waals surface area contributed by atoms with Crippen LogP contribution in [0.4, 0.5) is 0 Å². The predicted molar refractivity (Wildman–Crippen MR) is 101 cm³/mol. The van der Waals surface area contributed by atoms with Crippen LogP contribution in [0, 0.1) is 0 Å². The number of hydrogen-bond acceptors (Lipinski definition) is 6. The van der Waals surface area contributed by atoms with Gasteiger partial charge >= 0.3 is 0 Å². The molecule has 4 rings (SSSR count). The third-order valence-corrected chi connectivity index (χ3v) is 4.87. The number of fused-ring (bicyclic) bond motifs is 1. The van der Waals surface area contributed by atoms with E-state index in [1.54, 1.807) is 30.3 Å². The van der Waals surface area contributed by atoms with E-state index in [0.717, 1.165) is 6.07 Å². The summed E-state index contributed by atoms with van der Waals surface area (Å²) in [7, 11) is 0. The summed E-state index contributed by atoms with van der Waals surface area (Å²) in [6.45, 7) is 0. The normalized spacial score (nSPS) is 15.7. The summed E-state index contributed by atoms with van der Waals surface area (Å²) in [6, 6.07) is 14.1. The van der Waals surface area contributed by atoms with Gasteiger partial charge in [0.1, 0.15) is 40.4 Å². The molecular formula is C22H18O6. The lowest BCUT2D eigenvalue weighted by Crippen LogP contribution is -2.21. The van der Waals surface area contributed by atoms with Crippen LogP contribution < -0.4 is 4.74 Å². The molecule has 1 atom stereocenters. The third kappa shape index (κ3) is 3.09. The molecule has 1 unspecified atom stereocenters. The Morgan fingerprint density at radius 2 is 1.61 bits per heavy atom. The first kappa shape index (κ1) is 17.7. The molecule has 28 heavy (non-hydrogen) atoms. The lowest BCUT2D eigenvalue weighted by atomic mass is 9.91. The summed E-state index contributed by atoms with van der Waals surface area (Å²) in [5.74, 6) is -0.616. The topological polar surface area (TPSA) is 107 Å². The first-order valence-electron chi connectivity index (χ1n) is 8.77. The van der Waals surface area contributed by atoms with E-state index in [1.807, 2.05) is 0 Å². The molecule has 0 aliphatic carbocycles. The molecule has 0 aromatic heterocycles. The molecule has 6 nitrogen and oxygen atoms in total. The number of para-hydroxylation sites is 1. The summed E-state index contributed by atoms with van der Waals surface area (Å²) >= 11 is 0. The van der Waals surface area contributed by atoms with Crippen molar-refractivity contribution in [2.45, 2.75) is 18.9 Å². The molecule has 142 valence electrons. The van der Waals surface area contributed by atoms with Gasteiger partial charge in [0.25, 0.3) is 0 Å². The Morgan fingerprint density at radius 3 is 2.32 bits per heavy atom. The minimum absolute atomic E-state index is 0.0200. The lowest BCUT2D eigenvalue weighted by molar-refractivity contribution is 0.0842. The second-order valence-corrected chi connectivity index (χ2v) is 6.73. The number of Topliss-reactive ketones (excluding diaryl/α,β-unsaturated/α-hetero) is 1. The highest BCUT2D eigenvalue weighted by molar-refractivity contribution is 6.03. The number of carbonyl (C=O) groups is 1. The average molecular weight is 378 g/mol. The van der Waals surface area contributed by atoms with E-state index in [2.05, 4.69) is 0 Å². The molecule has 1 aliphatic rings. The highest BCUT2D eigenvalue weighted by Crippen LogP contribution is 2.46. The van der Waals surface area contributed by atoms with E-state index in [1.165, 1.54) is 18.2 Å². The summed E-state index contributed by atoms with van der Waals surface area (Å²) in [5, 5.41) is 40.2. The largest absolute Gasteiger partial charge is 0.508 e. The Balaban J connectivity index is 1.80. The van der Waals surface area contributed by atoms with Gasteiger partial charge in [0.2, 0.25) is 0 Å². The molecule has 1 heterocycles. The maximum atomic E-state index is 12.7. The van der Waals surface area contributed by atoms with Crippen LogP contribution in [0.25, 0.3) is 0 Å². The van der Waals surface area contributed by atoms with Gasteiger partial charge in [0, 0.05) is 18.1 Å². The van der Waals surface area contributed by atoms with Crippen LogP contribution in [0.2, 0.25) is 0 Å². The quantitative estimate of drug-likeness (QED) is 0.552. The summed E-state index contributed by atoms with van der Waals surface area (Å²) in [5.41, 5.74) is 1.58. The van der Waals surface area contributed by atoms with Crippen LogP contribution in [-0.2, 0) is 6.42 Å². The average Bonchev–Trinajstić information content (AvgIpc) is 2.66. The molecular weight excluding hydrogens is 360 g/mol. The Kier molecular flexibility index (Phi) is 4.31. The van der Waals surface area contributed by atoms with Gasteiger partial charge in [-0.15, -0.1) is 0 Å². The number of phenols is 4. The minimum Gasteiger partial charge on any atom is -0.508 e. The Labute approximate surface area is 160 Å². The number of phenolic OH excluding ortho intramolecular Hbond substituents is 4. The number of ether oxygens (including phenoxy) is 1. The van der Waals surface area contributed by atoms with Crippen molar-refractivity contribution in [3.05, 3.63) is 76.9 Å². The van der Waals surface area contributed by atoms with E-state index in [0.29, 0.717) is 16.7 Å². The van der Waals surface area contributed by atoms with E-state index in [-0.39, 0.29) is 52.9 Å². The van der Waals surface area contributed by atoms with Crippen molar-refractivity contribution in [1.29, 1.82) is 0 Å². The molecule has 0 saturated heterocycles. The van der Waals surface area contributed by atoms with Gasteiger partial charge in [-0.2, -0.15) is 0 Å². The molecule has 0 saturated carbocycles. The van der Waals surface area contributed by atoms with Gasteiger partial charge in [0.05, 0.1) is 6.42 Å². The molecule has 1 aliphatic heterocycles. The number of carbonyl (C=O) groups excluding carboxylic acids is 1. The van der Waals surface area contributed by atoms with Crippen molar-refractivity contribution in [3.8, 4) is 28.7 Å². The molecule has 0 amide bonds. The van der Waals surface area contributed by atoms with Gasteiger partial charge in [-0.05, 0) is 29.3 Å². The molecule has 3 aromatic rings. The first-order valence-corrected chi connectivity index (χ1v) is 8.77. The Bertz CT molecular complexity index is 1060. The highest BCUT2D eigenvalue weighted by atomic mass is 16.5. The van der Waals surface area contributed by atoms with E-state index >= 15 is 0 Å². The van der Waals surface area contributed by atoms with E-state index in [9.17, 15) is 25.2 Å². The smallest absolute Gasteiger partial charge is 0.174 e. The maximum absolute atomic E-state index is 12.7. The standard InChI is InChI=1S/C22H18O6/c23-14-7-5-12(6-8-14)20-11-19(27)21-18(26)10-17(25)15(22(21)28-20)9-13-3-1-2-4-16(13)24/h1-8,10,20,23-26H,9,11H2. The molecule has 6 heteroatoms. The van der Waals surface area contributed by atoms with Gasteiger partial charge in [-0.3, -0.25) is 4.79 Å². The molecule has 3 aromatic carbocycles. The molecule has 4 N–H and O–H groups in total. The molecule has 0 radical (unpaired) electrons. The second-order valence-electron chi connectivity index (χ2n) is 6.73. The third-order valence-electron chi connectivity index (χ3n) is 4.87. The fourth-order valence-corrected chi connectivity index (χ4v) is 3.42. The number of aromatic hydroxyl groups is 4. The zero-order valence-corrected chi connectivity index (χ0v) is 14.8. The van der Waals surface area contributed by atoms with E-state index < -0.39 is 6.10 Å². The monoisotopic (exact) mass is 378 g/mol. The number of benzene rings is 3. The predicted octanol–water partition coefficient (Wildman–Crippen LogP) is 3.81. The lowest BCUT2D eigenvalue weighted by Gasteiger charge is -2.28. The summed E-state index contributed by atoms with van der Waals surface area (Å²) < 4.78 is 6.03. The van der Waals surface area contributed by atoms with Crippen LogP contribution in [0.3, 0.4) is 0 Å². The van der Waals surface area contributed by atoms with Gasteiger partial charge < -0.3 is 25.2 Å². The van der Waals surface area contributed by atoms with Gasteiger partial charge in [0.15, 0.2) is 5.78 Å². The van der Waals surface area contributed by atoms with Crippen molar-refractivity contribution in [1.82, 2.24) is 0 Å². The Hall–Kier alpha value is -3.67. The van der Waals surface area contributed by atoms with Crippen molar-refractivity contribution in [2.75, 3.05) is 0 Å². The van der Waals surface area contributed by atoms with Crippen LogP contribution in [0.1, 0.15) is 39.6 Å². The van der Waals surface area contributed by atoms with Crippen LogP contribution in [0.15, 0.2) is 54.6 Å². The SMILES string of the molecule is O=C1CC(c2ccc(O)cc2)Oc2c(Cc3ccccc3O)c(O)cc(O)c21. The highest BCUT2D eigenvalue weighted by Gasteiger charge is 2.33. The van der Waals surface area contributed by atoms with Crippen LogP contribution in [-0.4, -0.2) is 26.2 Å². The summed E-state index contributed by atoms with van der Waals surface area (Å²) in [4.78, 5) is 12.7.